The van der Waals surface area contributed by atoms with Gasteiger partial charge >= 0.3 is 11.9 Å². The van der Waals surface area contributed by atoms with Gasteiger partial charge in [-0.1, -0.05) is 32.4 Å². The summed E-state index contributed by atoms with van der Waals surface area (Å²) in [5, 5.41) is 32.8. The van der Waals surface area contributed by atoms with Crippen molar-refractivity contribution in [2.75, 3.05) is 6.54 Å². The number of amides is 3. The van der Waals surface area contributed by atoms with E-state index in [1.54, 1.807) is 12.1 Å². The van der Waals surface area contributed by atoms with Crippen molar-refractivity contribution >= 4 is 29.7 Å². The molecule has 1 aliphatic heterocycles. The number of nitrogens with two attached hydrogens (primary N) is 1. The minimum Gasteiger partial charge on any atom is -0.508 e. The van der Waals surface area contributed by atoms with Crippen LogP contribution in [0.5, 0.6) is 5.75 Å². The number of nitrogens with zero attached hydrogens (tertiary/aromatic N) is 1. The highest BCUT2D eigenvalue weighted by molar-refractivity contribution is 5.94. The van der Waals surface area contributed by atoms with Crippen LogP contribution in [-0.4, -0.2) is 80.6 Å². The monoisotopic (exact) mass is 520 g/mol. The number of rotatable bonds is 13. The Morgan fingerprint density at radius 3 is 2.30 bits per heavy atom. The molecule has 12 nitrogen and oxygen atoms in total. The lowest BCUT2D eigenvalue weighted by Crippen LogP contribution is -2.57. The van der Waals surface area contributed by atoms with Crippen LogP contribution in [0.25, 0.3) is 0 Å². The van der Waals surface area contributed by atoms with E-state index in [0.717, 1.165) is 0 Å². The van der Waals surface area contributed by atoms with Gasteiger partial charge in [0.1, 0.15) is 23.9 Å². The Bertz CT molecular complexity index is 983. The highest BCUT2D eigenvalue weighted by atomic mass is 16.4. The molecule has 1 saturated heterocycles. The predicted molar refractivity (Wildman–Crippen MR) is 132 cm³/mol. The number of aliphatic carboxylic acids is 2. The molecule has 1 heterocycles. The molecule has 1 fully saturated rings. The number of likely N-dealkylation sites (tertiary alicyclic amines) is 1. The fourth-order valence-corrected chi connectivity index (χ4v) is 4.13. The lowest BCUT2D eigenvalue weighted by Gasteiger charge is -2.30. The number of phenolic OH excluding ortho intramolecular Hbond substituents is 1. The number of carbonyl (C=O) groups excluding carboxylic acids is 3. The molecule has 3 amide bonds. The van der Waals surface area contributed by atoms with Gasteiger partial charge in [-0.25, -0.2) is 4.79 Å². The molecule has 1 aromatic rings. The van der Waals surface area contributed by atoms with Gasteiger partial charge in [0.05, 0.1) is 6.04 Å². The fraction of sp³-hybridized carbons (Fsp3) is 0.560. The maximum absolute atomic E-state index is 13.3. The van der Waals surface area contributed by atoms with Crippen LogP contribution in [0.4, 0.5) is 0 Å². The molecular formula is C25H36N4O8. The number of phenols is 1. The zero-order valence-electron chi connectivity index (χ0n) is 21.1. The van der Waals surface area contributed by atoms with Gasteiger partial charge in [0.2, 0.25) is 17.7 Å². The van der Waals surface area contributed by atoms with Gasteiger partial charge in [0, 0.05) is 19.4 Å². The van der Waals surface area contributed by atoms with Crippen molar-refractivity contribution in [2.45, 2.75) is 76.5 Å². The van der Waals surface area contributed by atoms with Crippen LogP contribution >= 0.6 is 0 Å². The largest absolute Gasteiger partial charge is 0.508 e. The molecule has 7 N–H and O–H groups in total. The van der Waals surface area contributed by atoms with Crippen LogP contribution in [0.15, 0.2) is 24.3 Å². The highest BCUT2D eigenvalue weighted by Crippen LogP contribution is 2.21. The SMILES string of the molecule is CCC(C)C(N)C(=O)N1CCCC1C(=O)NC(Cc1ccc(O)cc1)C(=O)NC(CCC(=O)O)C(=O)O. The number of carboxylic acids is 2. The minimum absolute atomic E-state index is 0.00570. The van der Waals surface area contributed by atoms with Crippen LogP contribution in [0.1, 0.15) is 51.5 Å². The summed E-state index contributed by atoms with van der Waals surface area (Å²) in [5.41, 5.74) is 6.68. The summed E-state index contributed by atoms with van der Waals surface area (Å²) in [5.74, 6) is -4.42. The van der Waals surface area contributed by atoms with Gasteiger partial charge in [-0.05, 0) is 42.9 Å². The number of nitrogens with one attached hydrogen (secondary N) is 2. The summed E-state index contributed by atoms with van der Waals surface area (Å²) in [6.45, 7) is 4.13. The molecular weight excluding hydrogens is 484 g/mol. The van der Waals surface area contributed by atoms with Gasteiger partial charge < -0.3 is 36.6 Å². The third-order valence-electron chi connectivity index (χ3n) is 6.65. The van der Waals surface area contributed by atoms with Crippen LogP contribution in [0.2, 0.25) is 0 Å². The summed E-state index contributed by atoms with van der Waals surface area (Å²) in [6, 6.07) is 1.64. The van der Waals surface area contributed by atoms with E-state index in [2.05, 4.69) is 10.6 Å². The van der Waals surface area contributed by atoms with Crippen LogP contribution < -0.4 is 16.4 Å². The smallest absolute Gasteiger partial charge is 0.326 e. The van der Waals surface area contributed by atoms with Crippen molar-refractivity contribution in [3.05, 3.63) is 29.8 Å². The van der Waals surface area contributed by atoms with Crippen LogP contribution in [-0.2, 0) is 30.4 Å². The number of aromatic hydroxyl groups is 1. The van der Waals surface area contributed by atoms with E-state index in [-0.39, 0.29) is 30.4 Å². The van der Waals surface area contributed by atoms with E-state index in [1.165, 1.54) is 17.0 Å². The Morgan fingerprint density at radius 2 is 1.73 bits per heavy atom. The number of carbonyl (C=O) groups is 5. The molecule has 5 unspecified atom stereocenters. The topological polar surface area (TPSA) is 199 Å². The van der Waals surface area contributed by atoms with Gasteiger partial charge in [-0.15, -0.1) is 0 Å². The average molecular weight is 521 g/mol. The Hall–Kier alpha value is -3.67. The molecule has 0 saturated carbocycles. The third-order valence-corrected chi connectivity index (χ3v) is 6.65. The molecule has 1 aromatic carbocycles. The van der Waals surface area contributed by atoms with Crippen molar-refractivity contribution in [1.82, 2.24) is 15.5 Å². The van der Waals surface area contributed by atoms with Crippen LogP contribution in [0.3, 0.4) is 0 Å². The Balaban J connectivity index is 2.22. The molecule has 5 atom stereocenters. The zero-order valence-corrected chi connectivity index (χ0v) is 21.1. The summed E-state index contributed by atoms with van der Waals surface area (Å²) in [6.07, 6.45) is 0.822. The molecule has 12 heteroatoms. The Labute approximate surface area is 215 Å². The van der Waals surface area contributed by atoms with Gasteiger partial charge in [-0.3, -0.25) is 19.2 Å². The van der Waals surface area contributed by atoms with E-state index in [1.807, 2.05) is 13.8 Å². The lowest BCUT2D eigenvalue weighted by atomic mass is 9.98. The van der Waals surface area contributed by atoms with Crippen molar-refractivity contribution in [2.24, 2.45) is 11.7 Å². The molecule has 0 aliphatic carbocycles. The number of carboxylic acid groups (broad SMARTS) is 2. The van der Waals surface area contributed by atoms with Crippen LogP contribution in [0, 0.1) is 5.92 Å². The predicted octanol–water partition coefficient (Wildman–Crippen LogP) is 0.218. The fourth-order valence-electron chi connectivity index (χ4n) is 4.13. The number of benzene rings is 1. The molecule has 1 aliphatic rings. The van der Waals surface area contributed by atoms with Crippen molar-refractivity contribution in [3.63, 3.8) is 0 Å². The summed E-state index contributed by atoms with van der Waals surface area (Å²) in [7, 11) is 0. The molecule has 204 valence electrons. The maximum Gasteiger partial charge on any atom is 0.326 e. The molecule has 0 spiro atoms. The van der Waals surface area contributed by atoms with Crippen molar-refractivity contribution < 1.29 is 39.3 Å². The second kappa shape index (κ2) is 13.6. The minimum atomic E-state index is -1.47. The number of hydrogen-bond acceptors (Lipinski definition) is 7. The second-order valence-electron chi connectivity index (χ2n) is 9.36. The molecule has 2 rings (SSSR count). The van der Waals surface area contributed by atoms with E-state index in [4.69, 9.17) is 10.8 Å². The zero-order chi connectivity index (χ0) is 27.7. The molecule has 37 heavy (non-hydrogen) atoms. The first-order valence-electron chi connectivity index (χ1n) is 12.3. The first-order chi connectivity index (χ1) is 17.4. The molecule has 0 bridgehead atoms. The van der Waals surface area contributed by atoms with Gasteiger partial charge in [-0.2, -0.15) is 0 Å². The lowest BCUT2D eigenvalue weighted by molar-refractivity contribution is -0.144. The van der Waals surface area contributed by atoms with Crippen molar-refractivity contribution in [3.8, 4) is 5.75 Å². The Kier molecular flexibility index (Phi) is 10.9. The normalized spacial score (nSPS) is 18.4. The van der Waals surface area contributed by atoms with E-state index in [0.29, 0.717) is 31.4 Å². The third kappa shape index (κ3) is 8.45. The molecule has 0 aromatic heterocycles. The first-order valence-corrected chi connectivity index (χ1v) is 12.3. The van der Waals surface area contributed by atoms with E-state index < -0.39 is 54.3 Å². The quantitative estimate of drug-likeness (QED) is 0.210. The standard InChI is InChI=1S/C25H36N4O8/c1-3-14(2)21(26)24(35)29-12-4-5-19(29)23(34)28-18(13-15-6-8-16(30)9-7-15)22(33)27-17(25(36)37)10-11-20(31)32/h6-9,14,17-19,21,30H,3-5,10-13,26H2,1-2H3,(H,27,33)(H,28,34)(H,31,32)(H,36,37). The van der Waals surface area contributed by atoms with Gasteiger partial charge in [0.15, 0.2) is 0 Å². The maximum atomic E-state index is 13.3. The summed E-state index contributed by atoms with van der Waals surface area (Å²) in [4.78, 5) is 63.2. The van der Waals surface area contributed by atoms with Gasteiger partial charge in [0.25, 0.3) is 0 Å². The van der Waals surface area contributed by atoms with E-state index in [9.17, 15) is 34.2 Å². The highest BCUT2D eigenvalue weighted by Gasteiger charge is 2.38. The Morgan fingerprint density at radius 1 is 1.08 bits per heavy atom. The number of hydrogen-bond donors (Lipinski definition) is 6. The average Bonchev–Trinajstić information content (AvgIpc) is 3.35. The van der Waals surface area contributed by atoms with Crippen molar-refractivity contribution in [1.29, 1.82) is 0 Å². The second-order valence-corrected chi connectivity index (χ2v) is 9.36. The van der Waals surface area contributed by atoms with E-state index >= 15 is 0 Å². The first kappa shape index (κ1) is 29.6. The summed E-state index contributed by atoms with van der Waals surface area (Å²) < 4.78 is 0. The molecule has 0 radical (unpaired) electrons. The summed E-state index contributed by atoms with van der Waals surface area (Å²) >= 11 is 0.